The Morgan fingerprint density at radius 2 is 2.18 bits per heavy atom. The highest BCUT2D eigenvalue weighted by atomic mass is 16.1. The Kier molecular flexibility index (Phi) is 2.12. The van der Waals surface area contributed by atoms with Crippen LogP contribution in [0.3, 0.4) is 0 Å². The number of ketones is 1. The summed E-state index contributed by atoms with van der Waals surface area (Å²) in [6.07, 6.45) is 3.37. The maximum Gasteiger partial charge on any atom is 0.158 e. The van der Waals surface area contributed by atoms with Crippen molar-refractivity contribution in [2.45, 2.75) is 39.7 Å². The molecule has 0 bridgehead atoms. The molecule has 0 aliphatic carbocycles. The van der Waals surface area contributed by atoms with Crippen LogP contribution in [0.5, 0.6) is 0 Å². The van der Waals surface area contributed by atoms with Crippen molar-refractivity contribution in [2.24, 2.45) is 10.4 Å². The molecule has 0 radical (unpaired) electrons. The molecule has 1 aliphatic rings. The van der Waals surface area contributed by atoms with Gasteiger partial charge in [-0.25, -0.2) is 0 Å². The van der Waals surface area contributed by atoms with Crippen molar-refractivity contribution in [3.63, 3.8) is 0 Å². The van der Waals surface area contributed by atoms with Gasteiger partial charge in [0.2, 0.25) is 0 Å². The van der Waals surface area contributed by atoms with Gasteiger partial charge in [0.1, 0.15) is 6.04 Å². The minimum atomic E-state index is -0.101. The minimum absolute atomic E-state index is 0.00595. The summed E-state index contributed by atoms with van der Waals surface area (Å²) in [6, 6.07) is -0.101. The third-order valence-corrected chi connectivity index (χ3v) is 1.90. The van der Waals surface area contributed by atoms with E-state index < -0.39 is 0 Å². The van der Waals surface area contributed by atoms with Gasteiger partial charge in [0.05, 0.1) is 0 Å². The Balaban J connectivity index is 2.77. The predicted molar refractivity (Wildman–Crippen MR) is 46.0 cm³/mol. The fourth-order valence-electron chi connectivity index (χ4n) is 1.31. The topological polar surface area (TPSA) is 29.4 Å². The minimum Gasteiger partial charge on any atom is -0.297 e. The van der Waals surface area contributed by atoms with Crippen LogP contribution in [-0.2, 0) is 4.79 Å². The van der Waals surface area contributed by atoms with E-state index in [0.29, 0.717) is 12.2 Å². The molecule has 1 heterocycles. The van der Waals surface area contributed by atoms with Crippen LogP contribution >= 0.6 is 0 Å². The molecule has 0 saturated carbocycles. The van der Waals surface area contributed by atoms with Crippen molar-refractivity contribution in [3.8, 4) is 0 Å². The SMILES string of the molecule is CC(C)(C)C1N=CCCC1=O. The molecule has 0 N–H and O–H groups in total. The van der Waals surface area contributed by atoms with Crippen LogP contribution in [0.15, 0.2) is 4.99 Å². The second kappa shape index (κ2) is 2.76. The Hall–Kier alpha value is -0.660. The van der Waals surface area contributed by atoms with Crippen molar-refractivity contribution < 1.29 is 4.79 Å². The van der Waals surface area contributed by atoms with Crippen molar-refractivity contribution in [3.05, 3.63) is 0 Å². The molecule has 0 aromatic rings. The lowest BCUT2D eigenvalue weighted by Crippen LogP contribution is -2.34. The van der Waals surface area contributed by atoms with Crippen LogP contribution in [0.2, 0.25) is 0 Å². The fraction of sp³-hybridized carbons (Fsp3) is 0.778. The highest BCUT2D eigenvalue weighted by Gasteiger charge is 2.31. The average Bonchev–Trinajstić information content (AvgIpc) is 1.86. The van der Waals surface area contributed by atoms with Gasteiger partial charge in [-0.1, -0.05) is 20.8 Å². The summed E-state index contributed by atoms with van der Waals surface area (Å²) in [5, 5.41) is 0. The lowest BCUT2D eigenvalue weighted by atomic mass is 9.82. The number of aliphatic imine (C=N–C) groups is 1. The summed E-state index contributed by atoms with van der Waals surface area (Å²) in [7, 11) is 0. The van der Waals surface area contributed by atoms with Gasteiger partial charge in [0.15, 0.2) is 5.78 Å². The molecule has 0 aromatic carbocycles. The lowest BCUT2D eigenvalue weighted by Gasteiger charge is -2.27. The van der Waals surface area contributed by atoms with E-state index >= 15 is 0 Å². The molecule has 0 saturated heterocycles. The third-order valence-electron chi connectivity index (χ3n) is 1.90. The van der Waals surface area contributed by atoms with Crippen LogP contribution in [0.25, 0.3) is 0 Å². The number of carbonyl (C=O) groups is 1. The molecule has 0 spiro atoms. The number of nitrogens with zero attached hydrogens (tertiary/aromatic N) is 1. The molecule has 2 heteroatoms. The first-order valence-electron chi connectivity index (χ1n) is 4.06. The molecule has 1 unspecified atom stereocenters. The number of Topliss-reactive ketones (excluding diaryl/α,β-unsaturated/α-hetero) is 1. The van der Waals surface area contributed by atoms with E-state index in [0.717, 1.165) is 6.42 Å². The summed E-state index contributed by atoms with van der Waals surface area (Å²) >= 11 is 0. The number of carbonyl (C=O) groups excluding carboxylic acids is 1. The molecule has 0 fully saturated rings. The monoisotopic (exact) mass is 153 g/mol. The van der Waals surface area contributed by atoms with Crippen molar-refractivity contribution in [2.75, 3.05) is 0 Å². The Labute approximate surface area is 67.7 Å². The smallest absolute Gasteiger partial charge is 0.158 e. The largest absolute Gasteiger partial charge is 0.297 e. The van der Waals surface area contributed by atoms with Gasteiger partial charge in [0.25, 0.3) is 0 Å². The number of hydrogen-bond acceptors (Lipinski definition) is 2. The van der Waals surface area contributed by atoms with Crippen molar-refractivity contribution in [1.29, 1.82) is 0 Å². The second-order valence-electron chi connectivity index (χ2n) is 4.11. The molecule has 1 atom stereocenters. The van der Waals surface area contributed by atoms with Gasteiger partial charge in [-0.2, -0.15) is 0 Å². The molecule has 0 amide bonds. The first-order chi connectivity index (χ1) is 5.02. The lowest BCUT2D eigenvalue weighted by molar-refractivity contribution is -0.122. The molecule has 2 nitrogen and oxygen atoms in total. The first-order valence-corrected chi connectivity index (χ1v) is 4.06. The van der Waals surface area contributed by atoms with E-state index in [4.69, 9.17) is 0 Å². The van der Waals surface area contributed by atoms with Gasteiger partial charge in [-0.15, -0.1) is 0 Å². The van der Waals surface area contributed by atoms with Gasteiger partial charge < -0.3 is 0 Å². The first kappa shape index (κ1) is 8.44. The van der Waals surface area contributed by atoms with Gasteiger partial charge >= 0.3 is 0 Å². The number of rotatable bonds is 0. The van der Waals surface area contributed by atoms with Crippen LogP contribution in [0.1, 0.15) is 33.6 Å². The van der Waals surface area contributed by atoms with Crippen LogP contribution in [0.4, 0.5) is 0 Å². The van der Waals surface area contributed by atoms with E-state index in [9.17, 15) is 4.79 Å². The third kappa shape index (κ3) is 1.88. The predicted octanol–water partition coefficient (Wildman–Crippen LogP) is 1.83. The Bertz CT molecular complexity index is 188. The maximum atomic E-state index is 11.3. The molecule has 62 valence electrons. The summed E-state index contributed by atoms with van der Waals surface area (Å²) in [6.45, 7) is 6.16. The quantitative estimate of drug-likeness (QED) is 0.522. The molecular weight excluding hydrogens is 138 g/mol. The van der Waals surface area contributed by atoms with E-state index in [-0.39, 0.29) is 11.5 Å². The van der Waals surface area contributed by atoms with Crippen LogP contribution in [0, 0.1) is 5.41 Å². The number of hydrogen-bond donors (Lipinski definition) is 0. The average molecular weight is 153 g/mol. The molecule has 11 heavy (non-hydrogen) atoms. The zero-order valence-electron chi connectivity index (χ0n) is 7.42. The highest BCUT2D eigenvalue weighted by molar-refractivity contribution is 5.90. The van der Waals surface area contributed by atoms with E-state index in [2.05, 4.69) is 25.8 Å². The fourth-order valence-corrected chi connectivity index (χ4v) is 1.31. The Morgan fingerprint density at radius 1 is 1.55 bits per heavy atom. The summed E-state index contributed by atoms with van der Waals surface area (Å²) < 4.78 is 0. The zero-order valence-corrected chi connectivity index (χ0v) is 7.42. The van der Waals surface area contributed by atoms with Crippen molar-refractivity contribution in [1.82, 2.24) is 0 Å². The second-order valence-corrected chi connectivity index (χ2v) is 4.11. The summed E-state index contributed by atoms with van der Waals surface area (Å²) in [4.78, 5) is 15.5. The molecule has 1 aliphatic heterocycles. The summed E-state index contributed by atoms with van der Waals surface area (Å²) in [5.41, 5.74) is -0.00595. The standard InChI is InChI=1S/C9H15NO/c1-9(2,3)8-7(11)5-4-6-10-8/h6,8H,4-5H2,1-3H3. The molecule has 1 rings (SSSR count). The Morgan fingerprint density at radius 3 is 2.55 bits per heavy atom. The summed E-state index contributed by atoms with van der Waals surface area (Å²) in [5.74, 6) is 0.292. The van der Waals surface area contributed by atoms with Crippen LogP contribution < -0.4 is 0 Å². The molecular formula is C9H15NO. The van der Waals surface area contributed by atoms with E-state index in [1.54, 1.807) is 0 Å². The zero-order chi connectivity index (χ0) is 8.48. The van der Waals surface area contributed by atoms with E-state index in [1.807, 2.05) is 6.21 Å². The van der Waals surface area contributed by atoms with Gasteiger partial charge in [0, 0.05) is 12.6 Å². The normalized spacial score (nSPS) is 25.7. The van der Waals surface area contributed by atoms with Gasteiger partial charge in [-0.3, -0.25) is 9.79 Å². The van der Waals surface area contributed by atoms with E-state index in [1.165, 1.54) is 0 Å². The van der Waals surface area contributed by atoms with Crippen LogP contribution in [-0.4, -0.2) is 18.0 Å². The van der Waals surface area contributed by atoms with Crippen molar-refractivity contribution >= 4 is 12.0 Å². The highest BCUT2D eigenvalue weighted by Crippen LogP contribution is 2.25. The van der Waals surface area contributed by atoms with Gasteiger partial charge in [-0.05, 0) is 11.8 Å². The molecule has 0 aromatic heterocycles. The maximum absolute atomic E-state index is 11.3.